The largest absolute Gasteiger partial charge is 0.393 e. The third-order valence-corrected chi connectivity index (χ3v) is 12.7. The normalized spacial score (nSPS) is 59.3. The van der Waals surface area contributed by atoms with Gasteiger partial charge in [-0.2, -0.15) is 0 Å². The van der Waals surface area contributed by atoms with E-state index in [0.29, 0.717) is 23.7 Å². The van der Waals surface area contributed by atoms with Crippen LogP contribution in [-0.2, 0) is 9.47 Å². The molecule has 5 rings (SSSR count). The third kappa shape index (κ3) is 2.82. The quantitative estimate of drug-likeness (QED) is 0.582. The SMILES string of the molecule is CO[C@@H]1CC[C@@](C)([C@H]2CC[C@]3(C)[C@@H]2[C@H](O)C[C@@H]2[C@@]4(C)CC[C@H](O)C(C)(C)[C@@H]4CC[C@]23C)O1. The second kappa shape index (κ2) is 7.18. The van der Waals surface area contributed by atoms with E-state index in [1.807, 2.05) is 0 Å². The maximum atomic E-state index is 11.8. The highest BCUT2D eigenvalue weighted by Gasteiger charge is 2.71. The van der Waals surface area contributed by atoms with Gasteiger partial charge in [0.15, 0.2) is 6.29 Å². The van der Waals surface area contributed by atoms with E-state index in [9.17, 15) is 10.2 Å². The standard InChI is InChI=1S/C28H48O4/c1-24(2)19-9-14-26(4)20(25(19,3)12-10-21(24)30)16-18(29)23-17(8-13-27(23,26)5)28(6)15-11-22(31-7)32-28/h17-23,29-30H,8-16H2,1-7H3/t17-,18+,19-,20+,21-,22-,23-,25-,26+,27+,28-/m0/s1. The molecule has 0 aromatic rings. The van der Waals surface area contributed by atoms with Crippen LogP contribution in [0.4, 0.5) is 0 Å². The minimum Gasteiger partial charge on any atom is -0.393 e. The van der Waals surface area contributed by atoms with Crippen LogP contribution in [0.25, 0.3) is 0 Å². The van der Waals surface area contributed by atoms with Crippen molar-refractivity contribution in [3.05, 3.63) is 0 Å². The van der Waals surface area contributed by atoms with Crippen molar-refractivity contribution in [1.29, 1.82) is 0 Å². The Morgan fingerprint density at radius 2 is 1.47 bits per heavy atom. The summed E-state index contributed by atoms with van der Waals surface area (Å²) in [5, 5.41) is 22.7. The molecule has 1 aliphatic heterocycles. The van der Waals surface area contributed by atoms with E-state index in [1.165, 1.54) is 19.3 Å². The van der Waals surface area contributed by atoms with Gasteiger partial charge < -0.3 is 19.7 Å². The molecule has 184 valence electrons. The fraction of sp³-hybridized carbons (Fsp3) is 1.00. The van der Waals surface area contributed by atoms with E-state index >= 15 is 0 Å². The zero-order valence-corrected chi connectivity index (χ0v) is 21.6. The van der Waals surface area contributed by atoms with E-state index < -0.39 is 0 Å². The molecule has 4 saturated carbocycles. The number of aliphatic hydroxyl groups is 2. The molecule has 1 saturated heterocycles. The molecular weight excluding hydrogens is 400 g/mol. The third-order valence-electron chi connectivity index (χ3n) is 12.7. The lowest BCUT2D eigenvalue weighted by Crippen LogP contribution is -2.66. The molecule has 0 bridgehead atoms. The molecule has 5 fully saturated rings. The van der Waals surface area contributed by atoms with Crippen LogP contribution in [0.5, 0.6) is 0 Å². The van der Waals surface area contributed by atoms with Gasteiger partial charge in [0.1, 0.15) is 0 Å². The van der Waals surface area contributed by atoms with Crippen LogP contribution in [0.15, 0.2) is 0 Å². The molecule has 0 aromatic heterocycles. The van der Waals surface area contributed by atoms with Crippen molar-refractivity contribution in [3.63, 3.8) is 0 Å². The van der Waals surface area contributed by atoms with Crippen LogP contribution in [-0.4, -0.2) is 41.4 Å². The van der Waals surface area contributed by atoms with Crippen molar-refractivity contribution in [3.8, 4) is 0 Å². The van der Waals surface area contributed by atoms with Gasteiger partial charge in [-0.25, -0.2) is 0 Å². The second-order valence-corrected chi connectivity index (χ2v) is 14.0. The zero-order valence-electron chi connectivity index (χ0n) is 21.6. The average Bonchev–Trinajstić information content (AvgIpc) is 3.30. The van der Waals surface area contributed by atoms with Gasteiger partial charge in [-0.15, -0.1) is 0 Å². The maximum absolute atomic E-state index is 11.8. The first-order chi connectivity index (χ1) is 14.8. The Hall–Kier alpha value is -0.160. The van der Waals surface area contributed by atoms with Gasteiger partial charge in [0.05, 0.1) is 17.8 Å². The molecule has 32 heavy (non-hydrogen) atoms. The maximum Gasteiger partial charge on any atom is 0.158 e. The monoisotopic (exact) mass is 448 g/mol. The lowest BCUT2D eigenvalue weighted by Gasteiger charge is -2.70. The Labute approximate surface area is 195 Å². The highest BCUT2D eigenvalue weighted by Crippen LogP contribution is 2.76. The van der Waals surface area contributed by atoms with Crippen LogP contribution in [0.3, 0.4) is 0 Å². The van der Waals surface area contributed by atoms with Crippen LogP contribution in [0, 0.1) is 45.3 Å². The molecular formula is C28H48O4. The number of aliphatic hydroxyl groups excluding tert-OH is 2. The Morgan fingerprint density at radius 3 is 2.12 bits per heavy atom. The van der Waals surface area contributed by atoms with E-state index in [4.69, 9.17) is 9.47 Å². The highest BCUT2D eigenvalue weighted by atomic mass is 16.7. The fourth-order valence-corrected chi connectivity index (χ4v) is 10.7. The summed E-state index contributed by atoms with van der Waals surface area (Å²) in [6.45, 7) is 14.5. The van der Waals surface area contributed by atoms with E-state index in [-0.39, 0.29) is 45.8 Å². The van der Waals surface area contributed by atoms with Crippen LogP contribution < -0.4 is 0 Å². The van der Waals surface area contributed by atoms with E-state index in [2.05, 4.69) is 41.5 Å². The van der Waals surface area contributed by atoms with Gasteiger partial charge >= 0.3 is 0 Å². The summed E-state index contributed by atoms with van der Waals surface area (Å²) in [6, 6.07) is 0. The van der Waals surface area contributed by atoms with Crippen LogP contribution in [0.1, 0.15) is 99.3 Å². The zero-order chi connectivity index (χ0) is 23.3. The van der Waals surface area contributed by atoms with Crippen molar-refractivity contribution < 1.29 is 19.7 Å². The van der Waals surface area contributed by atoms with Crippen molar-refractivity contribution in [2.45, 2.75) is 123 Å². The van der Waals surface area contributed by atoms with Crippen molar-refractivity contribution in [2.75, 3.05) is 7.11 Å². The molecule has 11 atom stereocenters. The fourth-order valence-electron chi connectivity index (χ4n) is 10.7. The van der Waals surface area contributed by atoms with Crippen LogP contribution >= 0.6 is 0 Å². The molecule has 0 unspecified atom stereocenters. The molecule has 4 nitrogen and oxygen atoms in total. The molecule has 1 heterocycles. The lowest BCUT2D eigenvalue weighted by molar-refractivity contribution is -0.250. The summed E-state index contributed by atoms with van der Waals surface area (Å²) in [5.41, 5.74) is 0.315. The van der Waals surface area contributed by atoms with Crippen LogP contribution in [0.2, 0.25) is 0 Å². The topological polar surface area (TPSA) is 58.9 Å². The summed E-state index contributed by atoms with van der Waals surface area (Å²) in [7, 11) is 1.75. The Bertz CT molecular complexity index is 752. The second-order valence-electron chi connectivity index (χ2n) is 14.0. The molecule has 5 aliphatic rings. The predicted molar refractivity (Wildman–Crippen MR) is 126 cm³/mol. The number of ether oxygens (including phenoxy) is 2. The van der Waals surface area contributed by atoms with Gasteiger partial charge in [-0.1, -0.05) is 34.6 Å². The molecule has 0 spiro atoms. The first kappa shape index (κ1) is 23.6. The Morgan fingerprint density at radius 1 is 0.781 bits per heavy atom. The Balaban J connectivity index is 1.50. The summed E-state index contributed by atoms with van der Waals surface area (Å²) >= 11 is 0. The number of hydrogen-bond acceptors (Lipinski definition) is 4. The van der Waals surface area contributed by atoms with Gasteiger partial charge in [0, 0.05) is 13.5 Å². The molecule has 4 heteroatoms. The number of methoxy groups -OCH3 is 1. The number of hydrogen-bond donors (Lipinski definition) is 2. The number of fused-ring (bicyclic) bond motifs is 5. The van der Waals surface area contributed by atoms with Crippen molar-refractivity contribution >= 4 is 0 Å². The average molecular weight is 449 g/mol. The van der Waals surface area contributed by atoms with Gasteiger partial charge in [0.25, 0.3) is 0 Å². The first-order valence-corrected chi connectivity index (χ1v) is 13.4. The minimum absolute atomic E-state index is 0.0461. The molecule has 4 aliphatic carbocycles. The lowest BCUT2D eigenvalue weighted by atomic mass is 9.35. The predicted octanol–water partition coefficient (Wildman–Crippen LogP) is 5.54. The summed E-state index contributed by atoms with van der Waals surface area (Å²) in [6.07, 6.45) is 9.09. The van der Waals surface area contributed by atoms with Gasteiger partial charge in [-0.3, -0.25) is 0 Å². The minimum atomic E-state index is -0.266. The summed E-state index contributed by atoms with van der Waals surface area (Å²) in [5.74, 6) is 1.74. The molecule has 0 amide bonds. The van der Waals surface area contributed by atoms with Gasteiger partial charge in [0.2, 0.25) is 0 Å². The molecule has 0 radical (unpaired) electrons. The molecule has 0 aromatic carbocycles. The molecule has 2 N–H and O–H groups in total. The van der Waals surface area contributed by atoms with Crippen molar-refractivity contribution in [1.82, 2.24) is 0 Å². The first-order valence-electron chi connectivity index (χ1n) is 13.4. The highest BCUT2D eigenvalue weighted by molar-refractivity contribution is 5.20. The van der Waals surface area contributed by atoms with E-state index in [1.54, 1.807) is 7.11 Å². The summed E-state index contributed by atoms with van der Waals surface area (Å²) < 4.78 is 12.0. The van der Waals surface area contributed by atoms with Gasteiger partial charge in [-0.05, 0) is 104 Å². The smallest absolute Gasteiger partial charge is 0.158 e. The number of rotatable bonds is 2. The Kier molecular flexibility index (Phi) is 5.29. The van der Waals surface area contributed by atoms with Crippen molar-refractivity contribution in [2.24, 2.45) is 45.3 Å². The van der Waals surface area contributed by atoms with E-state index in [0.717, 1.165) is 38.5 Å². The summed E-state index contributed by atoms with van der Waals surface area (Å²) in [4.78, 5) is 0.